The lowest BCUT2D eigenvalue weighted by Gasteiger charge is -2.27. The van der Waals surface area contributed by atoms with Crippen molar-refractivity contribution in [1.29, 1.82) is 0 Å². The fourth-order valence-corrected chi connectivity index (χ4v) is 2.57. The lowest BCUT2D eigenvalue weighted by molar-refractivity contribution is 0.102. The second kappa shape index (κ2) is 5.33. The third-order valence-electron chi connectivity index (χ3n) is 3.63. The molecule has 3 rings (SSSR count). The summed E-state index contributed by atoms with van der Waals surface area (Å²) in [7, 11) is 2.09. The summed E-state index contributed by atoms with van der Waals surface area (Å²) in [6, 6.07) is 9.49. The number of carbonyl (C=O) groups excluding carboxylic acids is 1. The van der Waals surface area contributed by atoms with Gasteiger partial charge in [-0.2, -0.15) is 0 Å². The Hall–Kier alpha value is -2.36. The molecule has 1 amide bonds. The zero-order chi connectivity index (χ0) is 13.9. The van der Waals surface area contributed by atoms with Crippen molar-refractivity contribution < 1.29 is 4.79 Å². The van der Waals surface area contributed by atoms with E-state index in [1.165, 1.54) is 11.3 Å². The summed E-state index contributed by atoms with van der Waals surface area (Å²) in [5.41, 5.74) is 3.95. The summed E-state index contributed by atoms with van der Waals surface area (Å²) in [4.78, 5) is 18.4. The highest BCUT2D eigenvalue weighted by Gasteiger charge is 2.15. The molecule has 1 N–H and O–H groups in total. The van der Waals surface area contributed by atoms with Gasteiger partial charge < -0.3 is 10.2 Å². The van der Waals surface area contributed by atoms with Crippen LogP contribution in [0.1, 0.15) is 22.3 Å². The predicted octanol–water partition coefficient (Wildman–Crippen LogP) is 2.72. The Morgan fingerprint density at radius 3 is 2.85 bits per heavy atom. The number of nitrogens with zero attached hydrogens (tertiary/aromatic N) is 2. The lowest BCUT2D eigenvalue weighted by atomic mass is 9.99. The molecular weight excluding hydrogens is 250 g/mol. The molecule has 1 aromatic carbocycles. The fourth-order valence-electron chi connectivity index (χ4n) is 2.57. The normalized spacial score (nSPS) is 13.8. The Bertz CT molecular complexity index is 625. The molecule has 2 aromatic rings. The van der Waals surface area contributed by atoms with Crippen LogP contribution in [0.5, 0.6) is 0 Å². The molecule has 1 aliphatic rings. The number of hydrogen-bond donors (Lipinski definition) is 1. The molecule has 1 aromatic heterocycles. The topological polar surface area (TPSA) is 45.2 Å². The van der Waals surface area contributed by atoms with Crippen LogP contribution in [0.4, 0.5) is 11.4 Å². The van der Waals surface area contributed by atoms with E-state index in [1.54, 1.807) is 24.5 Å². The van der Waals surface area contributed by atoms with E-state index in [2.05, 4.69) is 22.2 Å². The van der Waals surface area contributed by atoms with E-state index in [4.69, 9.17) is 0 Å². The van der Waals surface area contributed by atoms with Crippen molar-refractivity contribution in [2.45, 2.75) is 12.8 Å². The summed E-state index contributed by atoms with van der Waals surface area (Å²) in [5, 5.41) is 2.88. The third-order valence-corrected chi connectivity index (χ3v) is 3.63. The quantitative estimate of drug-likeness (QED) is 0.910. The first-order valence-electron chi connectivity index (χ1n) is 6.79. The van der Waals surface area contributed by atoms with Gasteiger partial charge in [-0.05, 0) is 48.7 Å². The highest BCUT2D eigenvalue weighted by atomic mass is 16.1. The van der Waals surface area contributed by atoms with Crippen molar-refractivity contribution in [1.82, 2.24) is 4.98 Å². The Balaban J connectivity index is 1.82. The molecule has 4 nitrogen and oxygen atoms in total. The highest BCUT2D eigenvalue weighted by molar-refractivity contribution is 6.04. The Morgan fingerprint density at radius 2 is 2.05 bits per heavy atom. The molecule has 0 aliphatic carbocycles. The predicted molar refractivity (Wildman–Crippen MR) is 80.2 cm³/mol. The summed E-state index contributed by atoms with van der Waals surface area (Å²) >= 11 is 0. The van der Waals surface area contributed by atoms with Crippen LogP contribution in [0.25, 0.3) is 0 Å². The summed E-state index contributed by atoms with van der Waals surface area (Å²) < 4.78 is 0. The van der Waals surface area contributed by atoms with Crippen molar-refractivity contribution in [3.05, 3.63) is 53.9 Å². The zero-order valence-electron chi connectivity index (χ0n) is 11.5. The number of aromatic nitrogens is 1. The average Bonchev–Trinajstić information content (AvgIpc) is 2.48. The number of fused-ring (bicyclic) bond motifs is 1. The number of anilines is 2. The molecule has 0 saturated carbocycles. The summed E-state index contributed by atoms with van der Waals surface area (Å²) in [6.45, 7) is 1.08. The minimum absolute atomic E-state index is 0.0766. The van der Waals surface area contributed by atoms with Gasteiger partial charge >= 0.3 is 0 Å². The number of carbonyl (C=O) groups is 1. The number of pyridine rings is 1. The third kappa shape index (κ3) is 2.50. The van der Waals surface area contributed by atoms with Crippen LogP contribution in [0.2, 0.25) is 0 Å². The van der Waals surface area contributed by atoms with E-state index >= 15 is 0 Å². The Morgan fingerprint density at radius 1 is 1.25 bits per heavy atom. The first-order chi connectivity index (χ1) is 9.74. The zero-order valence-corrected chi connectivity index (χ0v) is 11.5. The molecule has 0 bridgehead atoms. The van der Waals surface area contributed by atoms with E-state index < -0.39 is 0 Å². The van der Waals surface area contributed by atoms with Crippen LogP contribution in [-0.4, -0.2) is 24.5 Å². The van der Waals surface area contributed by atoms with Crippen LogP contribution >= 0.6 is 0 Å². The van der Waals surface area contributed by atoms with Crippen molar-refractivity contribution in [3.8, 4) is 0 Å². The minimum Gasteiger partial charge on any atom is -0.374 e. The van der Waals surface area contributed by atoms with E-state index in [-0.39, 0.29) is 5.91 Å². The standard InChI is InChI=1S/C16H17N3O/c1-19-10-2-3-12-11-13(4-5-15(12)19)16(20)18-14-6-8-17-9-7-14/h4-9,11H,2-3,10H2,1H3,(H,17,18,20). The van der Waals surface area contributed by atoms with Crippen molar-refractivity contribution >= 4 is 17.3 Å². The van der Waals surface area contributed by atoms with Gasteiger partial charge in [-0.25, -0.2) is 0 Å². The van der Waals surface area contributed by atoms with Gasteiger partial charge in [-0.3, -0.25) is 9.78 Å². The average molecular weight is 267 g/mol. The molecule has 4 heteroatoms. The Labute approximate surface area is 118 Å². The first kappa shape index (κ1) is 12.7. The molecule has 0 spiro atoms. The Kier molecular flexibility index (Phi) is 3.37. The van der Waals surface area contributed by atoms with Gasteiger partial charge in [-0.15, -0.1) is 0 Å². The molecule has 2 heterocycles. The van der Waals surface area contributed by atoms with Gasteiger partial charge in [0.25, 0.3) is 5.91 Å². The molecule has 1 aliphatic heterocycles. The van der Waals surface area contributed by atoms with Gasteiger partial charge in [-0.1, -0.05) is 0 Å². The number of amides is 1. The summed E-state index contributed by atoms with van der Waals surface area (Å²) in [6.07, 6.45) is 5.50. The molecular formula is C16H17N3O. The molecule has 20 heavy (non-hydrogen) atoms. The maximum atomic E-state index is 12.2. The maximum absolute atomic E-state index is 12.2. The SMILES string of the molecule is CN1CCCc2cc(C(=O)Nc3ccncc3)ccc21. The number of rotatable bonds is 2. The largest absolute Gasteiger partial charge is 0.374 e. The summed E-state index contributed by atoms with van der Waals surface area (Å²) in [5.74, 6) is -0.0766. The van der Waals surface area contributed by atoms with Gasteiger partial charge in [0, 0.05) is 42.9 Å². The molecule has 0 unspecified atom stereocenters. The molecule has 0 atom stereocenters. The fraction of sp³-hybridized carbons (Fsp3) is 0.250. The highest BCUT2D eigenvalue weighted by Crippen LogP contribution is 2.27. The van der Waals surface area contributed by atoms with Crippen LogP contribution in [0.3, 0.4) is 0 Å². The van der Waals surface area contributed by atoms with E-state index in [9.17, 15) is 4.79 Å². The molecule has 0 fully saturated rings. The molecule has 0 radical (unpaired) electrons. The number of nitrogens with one attached hydrogen (secondary N) is 1. The lowest BCUT2D eigenvalue weighted by Crippen LogP contribution is -2.25. The first-order valence-corrected chi connectivity index (χ1v) is 6.79. The number of benzene rings is 1. The second-order valence-corrected chi connectivity index (χ2v) is 5.06. The maximum Gasteiger partial charge on any atom is 0.255 e. The van der Waals surface area contributed by atoms with Crippen molar-refractivity contribution in [3.63, 3.8) is 0 Å². The smallest absolute Gasteiger partial charge is 0.255 e. The van der Waals surface area contributed by atoms with E-state index in [1.807, 2.05) is 18.2 Å². The van der Waals surface area contributed by atoms with Crippen molar-refractivity contribution in [2.75, 3.05) is 23.8 Å². The van der Waals surface area contributed by atoms with Crippen LogP contribution in [-0.2, 0) is 6.42 Å². The van der Waals surface area contributed by atoms with Gasteiger partial charge in [0.2, 0.25) is 0 Å². The van der Waals surface area contributed by atoms with Crippen LogP contribution in [0.15, 0.2) is 42.7 Å². The number of hydrogen-bond acceptors (Lipinski definition) is 3. The number of aryl methyl sites for hydroxylation is 1. The molecule has 102 valence electrons. The van der Waals surface area contributed by atoms with E-state index in [0.29, 0.717) is 5.56 Å². The van der Waals surface area contributed by atoms with Gasteiger partial charge in [0.1, 0.15) is 0 Å². The molecule has 0 saturated heterocycles. The van der Waals surface area contributed by atoms with Gasteiger partial charge in [0.15, 0.2) is 0 Å². The van der Waals surface area contributed by atoms with Crippen LogP contribution < -0.4 is 10.2 Å². The van der Waals surface area contributed by atoms with Gasteiger partial charge in [0.05, 0.1) is 0 Å². The second-order valence-electron chi connectivity index (χ2n) is 5.06. The van der Waals surface area contributed by atoms with E-state index in [0.717, 1.165) is 25.1 Å². The van der Waals surface area contributed by atoms with Crippen LogP contribution in [0, 0.1) is 0 Å². The monoisotopic (exact) mass is 267 g/mol. The van der Waals surface area contributed by atoms with Crippen molar-refractivity contribution in [2.24, 2.45) is 0 Å². The minimum atomic E-state index is -0.0766.